The number of likely N-dealkylation sites (tertiary alicyclic amines) is 1. The molecule has 2 aromatic heterocycles. The van der Waals surface area contributed by atoms with Crippen molar-refractivity contribution in [2.75, 3.05) is 30.3 Å². The molecule has 0 aliphatic carbocycles. The topological polar surface area (TPSA) is 104 Å². The van der Waals surface area contributed by atoms with Crippen molar-refractivity contribution < 1.29 is 14.0 Å². The molecule has 2 aliphatic rings. The highest BCUT2D eigenvalue weighted by atomic mass is 19.1. The Morgan fingerprint density at radius 2 is 1.94 bits per heavy atom. The summed E-state index contributed by atoms with van der Waals surface area (Å²) in [5, 5.41) is 8.84. The summed E-state index contributed by atoms with van der Waals surface area (Å²) >= 11 is 0. The largest absolute Gasteiger partial charge is 0.325 e. The molecule has 3 amide bonds. The zero-order chi connectivity index (χ0) is 22.1. The smallest absolute Gasteiger partial charge is 0.321 e. The van der Waals surface area contributed by atoms with Crippen LogP contribution in [-0.2, 0) is 4.79 Å². The Morgan fingerprint density at radius 3 is 2.72 bits per heavy atom. The zero-order valence-electron chi connectivity index (χ0n) is 17.5. The van der Waals surface area contributed by atoms with Gasteiger partial charge in [-0.1, -0.05) is 0 Å². The number of benzene rings is 1. The molecule has 0 spiro atoms. The predicted octanol–water partition coefficient (Wildman–Crippen LogP) is 2.85. The summed E-state index contributed by atoms with van der Waals surface area (Å²) < 4.78 is 16.2. The molecule has 32 heavy (non-hydrogen) atoms. The molecule has 4 heterocycles. The summed E-state index contributed by atoms with van der Waals surface area (Å²) in [6, 6.07) is 4.03. The van der Waals surface area contributed by atoms with Gasteiger partial charge in [-0.25, -0.2) is 19.2 Å². The van der Waals surface area contributed by atoms with E-state index < -0.39 is 5.82 Å². The molecule has 3 N–H and O–H groups in total. The Kier molecular flexibility index (Phi) is 5.44. The van der Waals surface area contributed by atoms with Crippen molar-refractivity contribution in [1.29, 1.82) is 0 Å². The maximum atomic E-state index is 14.6. The average Bonchev–Trinajstić information content (AvgIpc) is 3.55. The van der Waals surface area contributed by atoms with E-state index in [1.54, 1.807) is 27.8 Å². The summed E-state index contributed by atoms with van der Waals surface area (Å²) in [5.74, 6) is -0.173. The van der Waals surface area contributed by atoms with Gasteiger partial charge in [0, 0.05) is 36.7 Å². The fourth-order valence-electron chi connectivity index (χ4n) is 4.14. The fourth-order valence-corrected chi connectivity index (χ4v) is 4.14. The quantitative estimate of drug-likeness (QED) is 0.582. The molecule has 1 atom stereocenters. The van der Waals surface area contributed by atoms with Gasteiger partial charge in [0.2, 0.25) is 11.7 Å². The molecule has 166 valence electrons. The lowest BCUT2D eigenvalue weighted by Gasteiger charge is -2.16. The highest BCUT2D eigenvalue weighted by Gasteiger charge is 2.22. The number of hydrogen-bond acceptors (Lipinski definition) is 5. The maximum Gasteiger partial charge on any atom is 0.321 e. The molecule has 9 nitrogen and oxygen atoms in total. The van der Waals surface area contributed by atoms with E-state index >= 15 is 0 Å². The van der Waals surface area contributed by atoms with E-state index in [0.29, 0.717) is 22.8 Å². The number of hydrogen-bond donors (Lipinski definition) is 3. The summed E-state index contributed by atoms with van der Waals surface area (Å²) in [5.41, 5.74) is 1.68. The zero-order valence-corrected chi connectivity index (χ0v) is 17.5. The fraction of sp³-hybridized carbons (Fsp3) is 0.364. The first kappa shape index (κ1) is 20.4. The van der Waals surface area contributed by atoms with Crippen LogP contribution in [0.5, 0.6) is 0 Å². The van der Waals surface area contributed by atoms with Crippen LogP contribution in [0.25, 0.3) is 17.0 Å². The first-order chi connectivity index (χ1) is 15.6. The van der Waals surface area contributed by atoms with Gasteiger partial charge in [0.15, 0.2) is 0 Å². The molecule has 0 saturated carbocycles. The van der Waals surface area contributed by atoms with Gasteiger partial charge in [-0.05, 0) is 50.4 Å². The lowest BCUT2D eigenvalue weighted by atomic mass is 10.1. The van der Waals surface area contributed by atoms with Crippen molar-refractivity contribution >= 4 is 29.1 Å². The number of urea groups is 1. The third-order valence-corrected chi connectivity index (χ3v) is 5.84. The number of amides is 3. The molecule has 10 heteroatoms. The van der Waals surface area contributed by atoms with Gasteiger partial charge < -0.3 is 20.9 Å². The average molecular weight is 437 g/mol. The third-order valence-electron chi connectivity index (χ3n) is 5.84. The highest BCUT2D eigenvalue weighted by Crippen LogP contribution is 2.26. The number of imidazole rings is 1. The number of nitrogens with zero attached hydrogens (tertiary/aromatic N) is 4. The Bertz CT molecular complexity index is 1170. The van der Waals surface area contributed by atoms with Crippen LogP contribution >= 0.6 is 0 Å². The van der Waals surface area contributed by atoms with E-state index in [4.69, 9.17) is 0 Å². The van der Waals surface area contributed by atoms with Crippen molar-refractivity contribution in [3.63, 3.8) is 0 Å². The molecule has 5 rings (SSSR count). The summed E-state index contributed by atoms with van der Waals surface area (Å²) in [6.45, 7) is 2.30. The van der Waals surface area contributed by atoms with Crippen LogP contribution in [0.1, 0.15) is 25.7 Å². The van der Waals surface area contributed by atoms with E-state index in [9.17, 15) is 14.0 Å². The van der Waals surface area contributed by atoms with Crippen LogP contribution in [0.2, 0.25) is 0 Å². The molecule has 2 aliphatic heterocycles. The molecule has 1 aromatic carbocycles. The Balaban J connectivity index is 1.36. The van der Waals surface area contributed by atoms with Gasteiger partial charge in [-0.15, -0.1) is 0 Å². The Morgan fingerprint density at radius 1 is 1.09 bits per heavy atom. The molecule has 3 aromatic rings. The number of carbonyl (C=O) groups is 2. The van der Waals surface area contributed by atoms with E-state index in [0.717, 1.165) is 45.3 Å². The Labute approximate surface area is 184 Å². The highest BCUT2D eigenvalue weighted by molar-refractivity contribution is 5.95. The minimum atomic E-state index is -0.451. The number of nitrogens with one attached hydrogen (secondary N) is 3. The SMILES string of the molecule is O=C(Nc1cnc2nc(-c3cc(NC(=O)N4CCCC4)ccc3F)cn2c1)C1CCCN1. The summed E-state index contributed by atoms with van der Waals surface area (Å²) in [6.07, 6.45) is 8.65. The molecule has 0 radical (unpaired) electrons. The second kappa shape index (κ2) is 8.54. The van der Waals surface area contributed by atoms with Crippen molar-refractivity contribution in [3.05, 3.63) is 42.6 Å². The van der Waals surface area contributed by atoms with Crippen molar-refractivity contribution in [2.45, 2.75) is 31.7 Å². The van der Waals surface area contributed by atoms with Gasteiger partial charge in [0.25, 0.3) is 0 Å². The lowest BCUT2D eigenvalue weighted by Crippen LogP contribution is -2.35. The van der Waals surface area contributed by atoms with Gasteiger partial charge in [-0.3, -0.25) is 9.20 Å². The van der Waals surface area contributed by atoms with E-state index in [1.807, 2.05) is 0 Å². The normalized spacial score (nSPS) is 18.3. The third kappa shape index (κ3) is 4.13. The first-order valence-corrected chi connectivity index (χ1v) is 10.8. The lowest BCUT2D eigenvalue weighted by molar-refractivity contribution is -0.117. The van der Waals surface area contributed by atoms with Crippen LogP contribution in [0.15, 0.2) is 36.8 Å². The number of halogens is 1. The van der Waals surface area contributed by atoms with E-state index in [-0.39, 0.29) is 23.5 Å². The summed E-state index contributed by atoms with van der Waals surface area (Å²) in [7, 11) is 0. The minimum absolute atomic E-state index is 0.100. The van der Waals surface area contributed by atoms with Gasteiger partial charge >= 0.3 is 6.03 Å². The van der Waals surface area contributed by atoms with Crippen molar-refractivity contribution in [1.82, 2.24) is 24.6 Å². The standard InChI is InChI=1S/C22H24FN7O2/c23-17-6-5-14(27-22(32)29-8-1-2-9-29)10-16(17)19-13-30-12-15(11-25-21(30)28-19)26-20(31)18-4-3-7-24-18/h5-6,10-13,18,24H,1-4,7-9H2,(H,26,31)(H,27,32). The van der Waals surface area contributed by atoms with Gasteiger partial charge in [-0.2, -0.15) is 0 Å². The van der Waals surface area contributed by atoms with Gasteiger partial charge in [0.05, 0.1) is 23.6 Å². The summed E-state index contributed by atoms with van der Waals surface area (Å²) in [4.78, 5) is 35.1. The van der Waals surface area contributed by atoms with E-state index in [1.165, 1.54) is 18.3 Å². The van der Waals surface area contributed by atoms with Crippen LogP contribution < -0.4 is 16.0 Å². The molecular weight excluding hydrogens is 413 g/mol. The van der Waals surface area contributed by atoms with Crippen LogP contribution in [-0.4, -0.2) is 56.9 Å². The number of aromatic nitrogens is 3. The second-order valence-corrected chi connectivity index (χ2v) is 8.13. The molecule has 2 fully saturated rings. The van der Waals surface area contributed by atoms with Crippen LogP contribution in [0.4, 0.5) is 20.6 Å². The Hall–Kier alpha value is -3.53. The predicted molar refractivity (Wildman–Crippen MR) is 118 cm³/mol. The number of carbonyl (C=O) groups excluding carboxylic acids is 2. The maximum absolute atomic E-state index is 14.6. The van der Waals surface area contributed by atoms with E-state index in [2.05, 4.69) is 25.9 Å². The number of anilines is 2. The molecule has 2 saturated heterocycles. The van der Waals surface area contributed by atoms with Crippen molar-refractivity contribution in [3.8, 4) is 11.3 Å². The van der Waals surface area contributed by atoms with Gasteiger partial charge in [0.1, 0.15) is 5.82 Å². The monoisotopic (exact) mass is 437 g/mol. The number of fused-ring (bicyclic) bond motifs is 1. The van der Waals surface area contributed by atoms with Crippen molar-refractivity contribution in [2.24, 2.45) is 0 Å². The molecule has 0 bridgehead atoms. The van der Waals surface area contributed by atoms with Crippen LogP contribution in [0, 0.1) is 5.82 Å². The first-order valence-electron chi connectivity index (χ1n) is 10.8. The molecular formula is C22H24FN7O2. The number of rotatable bonds is 4. The minimum Gasteiger partial charge on any atom is -0.325 e. The molecule has 1 unspecified atom stereocenters. The second-order valence-electron chi connectivity index (χ2n) is 8.13. The van der Waals surface area contributed by atoms with Crippen LogP contribution in [0.3, 0.4) is 0 Å².